The number of halogens is 1. The van der Waals surface area contributed by atoms with Crippen LogP contribution in [-0.4, -0.2) is 13.2 Å². The standard InChI is InChI=1S/C17H16ClNO2/c18-17-8-2-1-6-15(17)13-20-9-4-10-21-16-7-3-5-14(11-16)12-19/h1-3,5-8,11H,4,9-10,13H2. The summed E-state index contributed by atoms with van der Waals surface area (Å²) in [6, 6.07) is 16.8. The van der Waals surface area contributed by atoms with Crippen LogP contribution in [0.15, 0.2) is 48.5 Å². The van der Waals surface area contributed by atoms with Gasteiger partial charge in [-0.25, -0.2) is 0 Å². The van der Waals surface area contributed by atoms with Gasteiger partial charge < -0.3 is 9.47 Å². The van der Waals surface area contributed by atoms with Gasteiger partial charge in [-0.05, 0) is 29.8 Å². The van der Waals surface area contributed by atoms with Crippen molar-refractivity contribution in [1.82, 2.24) is 0 Å². The third-order valence-electron chi connectivity index (χ3n) is 2.88. The van der Waals surface area contributed by atoms with Crippen molar-refractivity contribution in [3.05, 3.63) is 64.7 Å². The van der Waals surface area contributed by atoms with Crippen LogP contribution in [0, 0.1) is 11.3 Å². The SMILES string of the molecule is N#Cc1cccc(OCCCOCc2ccccc2Cl)c1. The first kappa shape index (κ1) is 15.4. The summed E-state index contributed by atoms with van der Waals surface area (Å²) >= 11 is 6.04. The molecule has 0 unspecified atom stereocenters. The molecular formula is C17H16ClNO2. The maximum Gasteiger partial charge on any atom is 0.120 e. The molecule has 21 heavy (non-hydrogen) atoms. The van der Waals surface area contributed by atoms with Crippen LogP contribution in [0.3, 0.4) is 0 Å². The summed E-state index contributed by atoms with van der Waals surface area (Å²) in [4.78, 5) is 0. The summed E-state index contributed by atoms with van der Waals surface area (Å²) in [5, 5.41) is 9.52. The van der Waals surface area contributed by atoms with Crippen LogP contribution in [0.25, 0.3) is 0 Å². The average Bonchev–Trinajstić information content (AvgIpc) is 2.52. The summed E-state index contributed by atoms with van der Waals surface area (Å²) in [5.74, 6) is 0.708. The molecule has 2 rings (SSSR count). The molecule has 0 saturated carbocycles. The third kappa shape index (κ3) is 5.11. The van der Waals surface area contributed by atoms with Crippen LogP contribution in [0.1, 0.15) is 17.5 Å². The van der Waals surface area contributed by atoms with E-state index in [-0.39, 0.29) is 0 Å². The average molecular weight is 302 g/mol. The molecule has 0 amide bonds. The van der Waals surface area contributed by atoms with Crippen molar-refractivity contribution in [1.29, 1.82) is 5.26 Å². The molecular weight excluding hydrogens is 286 g/mol. The fourth-order valence-electron chi connectivity index (χ4n) is 1.80. The van der Waals surface area contributed by atoms with Crippen LogP contribution in [0.2, 0.25) is 5.02 Å². The molecule has 0 saturated heterocycles. The summed E-state index contributed by atoms with van der Waals surface area (Å²) < 4.78 is 11.1. The highest BCUT2D eigenvalue weighted by molar-refractivity contribution is 6.31. The van der Waals surface area contributed by atoms with Gasteiger partial charge in [-0.3, -0.25) is 0 Å². The predicted octanol–water partition coefficient (Wildman–Crippen LogP) is 4.20. The quantitative estimate of drug-likeness (QED) is 0.720. The molecule has 3 nitrogen and oxygen atoms in total. The van der Waals surface area contributed by atoms with E-state index >= 15 is 0 Å². The van der Waals surface area contributed by atoms with Gasteiger partial charge in [0.25, 0.3) is 0 Å². The third-order valence-corrected chi connectivity index (χ3v) is 3.25. The minimum absolute atomic E-state index is 0.504. The van der Waals surface area contributed by atoms with E-state index in [1.54, 1.807) is 12.1 Å². The Hall–Kier alpha value is -2.02. The molecule has 108 valence electrons. The maximum atomic E-state index is 8.80. The first-order chi connectivity index (χ1) is 10.3. The largest absolute Gasteiger partial charge is 0.493 e. The van der Waals surface area contributed by atoms with Gasteiger partial charge >= 0.3 is 0 Å². The van der Waals surface area contributed by atoms with Crippen LogP contribution in [0.5, 0.6) is 5.75 Å². The Labute approximate surface area is 129 Å². The topological polar surface area (TPSA) is 42.2 Å². The summed E-state index contributed by atoms with van der Waals surface area (Å²) in [6.45, 7) is 1.66. The summed E-state index contributed by atoms with van der Waals surface area (Å²) in [6.07, 6.45) is 0.779. The fourth-order valence-corrected chi connectivity index (χ4v) is 1.99. The molecule has 0 spiro atoms. The molecule has 0 atom stereocenters. The molecule has 0 aromatic heterocycles. The summed E-state index contributed by atoms with van der Waals surface area (Å²) in [7, 11) is 0. The molecule has 0 N–H and O–H groups in total. The Kier molecular flexibility index (Phi) is 6.08. The predicted molar refractivity (Wildman–Crippen MR) is 82.4 cm³/mol. The molecule has 0 aliphatic rings. The zero-order valence-corrected chi connectivity index (χ0v) is 12.3. The Bertz CT molecular complexity index is 622. The smallest absolute Gasteiger partial charge is 0.120 e. The van der Waals surface area contributed by atoms with Gasteiger partial charge in [-0.1, -0.05) is 35.9 Å². The van der Waals surface area contributed by atoms with Crippen molar-refractivity contribution in [3.63, 3.8) is 0 Å². The van der Waals surface area contributed by atoms with Crippen LogP contribution < -0.4 is 4.74 Å². The van der Waals surface area contributed by atoms with Crippen molar-refractivity contribution in [2.45, 2.75) is 13.0 Å². The lowest BCUT2D eigenvalue weighted by Crippen LogP contribution is -2.03. The normalized spacial score (nSPS) is 10.1. The summed E-state index contributed by atoms with van der Waals surface area (Å²) in [5.41, 5.74) is 1.59. The number of nitrogens with zero attached hydrogens (tertiary/aromatic N) is 1. The Balaban J connectivity index is 1.64. The lowest BCUT2D eigenvalue weighted by molar-refractivity contribution is 0.107. The number of hydrogen-bond acceptors (Lipinski definition) is 3. The molecule has 0 aliphatic heterocycles. The van der Waals surface area contributed by atoms with E-state index in [0.29, 0.717) is 31.1 Å². The molecule has 2 aromatic carbocycles. The first-order valence-corrected chi connectivity index (χ1v) is 7.11. The van der Waals surface area contributed by atoms with E-state index < -0.39 is 0 Å². The highest BCUT2D eigenvalue weighted by atomic mass is 35.5. The molecule has 0 radical (unpaired) electrons. The molecule has 0 bridgehead atoms. The first-order valence-electron chi connectivity index (χ1n) is 6.74. The lowest BCUT2D eigenvalue weighted by atomic mass is 10.2. The zero-order chi connectivity index (χ0) is 14.9. The monoisotopic (exact) mass is 301 g/mol. The van der Waals surface area contributed by atoms with Crippen molar-refractivity contribution < 1.29 is 9.47 Å². The fraction of sp³-hybridized carbons (Fsp3) is 0.235. The Morgan fingerprint density at radius 3 is 2.71 bits per heavy atom. The van der Waals surface area contributed by atoms with Gasteiger partial charge in [-0.15, -0.1) is 0 Å². The number of benzene rings is 2. The second kappa shape index (κ2) is 8.31. The van der Waals surface area contributed by atoms with E-state index in [2.05, 4.69) is 6.07 Å². The maximum absolute atomic E-state index is 8.80. The second-order valence-electron chi connectivity index (χ2n) is 4.49. The highest BCUT2D eigenvalue weighted by Gasteiger charge is 1.99. The molecule has 2 aromatic rings. The van der Waals surface area contributed by atoms with Crippen LogP contribution >= 0.6 is 11.6 Å². The van der Waals surface area contributed by atoms with Gasteiger partial charge in [0.15, 0.2) is 0 Å². The lowest BCUT2D eigenvalue weighted by Gasteiger charge is -2.08. The van der Waals surface area contributed by atoms with Crippen molar-refractivity contribution >= 4 is 11.6 Å². The van der Waals surface area contributed by atoms with Crippen LogP contribution in [-0.2, 0) is 11.3 Å². The zero-order valence-electron chi connectivity index (χ0n) is 11.6. The van der Waals surface area contributed by atoms with E-state index in [1.807, 2.05) is 36.4 Å². The van der Waals surface area contributed by atoms with Crippen molar-refractivity contribution in [2.24, 2.45) is 0 Å². The Morgan fingerprint density at radius 1 is 1.05 bits per heavy atom. The van der Waals surface area contributed by atoms with Gasteiger partial charge in [0.2, 0.25) is 0 Å². The molecule has 0 fully saturated rings. The minimum atomic E-state index is 0.504. The minimum Gasteiger partial charge on any atom is -0.493 e. The van der Waals surface area contributed by atoms with E-state index in [9.17, 15) is 0 Å². The molecule has 0 heterocycles. The van der Waals surface area contributed by atoms with Crippen molar-refractivity contribution in [2.75, 3.05) is 13.2 Å². The molecule has 4 heteroatoms. The van der Waals surface area contributed by atoms with E-state index in [4.69, 9.17) is 26.3 Å². The molecule has 0 aliphatic carbocycles. The van der Waals surface area contributed by atoms with Gasteiger partial charge in [0.1, 0.15) is 5.75 Å². The van der Waals surface area contributed by atoms with Crippen LogP contribution in [0.4, 0.5) is 0 Å². The Morgan fingerprint density at radius 2 is 1.90 bits per heavy atom. The van der Waals surface area contributed by atoms with Gasteiger partial charge in [0.05, 0.1) is 31.5 Å². The van der Waals surface area contributed by atoms with E-state index in [0.717, 1.165) is 17.0 Å². The highest BCUT2D eigenvalue weighted by Crippen LogP contribution is 2.16. The van der Waals surface area contributed by atoms with Gasteiger partial charge in [-0.2, -0.15) is 5.26 Å². The van der Waals surface area contributed by atoms with Crippen molar-refractivity contribution in [3.8, 4) is 11.8 Å². The second-order valence-corrected chi connectivity index (χ2v) is 4.89. The van der Waals surface area contributed by atoms with Gasteiger partial charge in [0, 0.05) is 11.4 Å². The number of hydrogen-bond donors (Lipinski definition) is 0. The van der Waals surface area contributed by atoms with E-state index in [1.165, 1.54) is 0 Å². The number of rotatable bonds is 7. The number of ether oxygens (including phenoxy) is 2. The number of nitriles is 1.